The molecule has 1 aromatic carbocycles. The molecule has 0 aliphatic carbocycles. The first kappa shape index (κ1) is 12.4. The zero-order valence-electron chi connectivity index (χ0n) is 10.6. The van der Waals surface area contributed by atoms with Gasteiger partial charge in [-0.3, -0.25) is 9.82 Å². The molecular weight excluding hydrogens is 264 g/mol. The zero-order chi connectivity index (χ0) is 13.5. The van der Waals surface area contributed by atoms with Gasteiger partial charge in [-0.2, -0.15) is 17.8 Å². The molecule has 2 heterocycles. The summed E-state index contributed by atoms with van der Waals surface area (Å²) in [6.07, 6.45) is 2.54. The van der Waals surface area contributed by atoms with Crippen molar-refractivity contribution in [2.45, 2.75) is 13.3 Å². The van der Waals surface area contributed by atoms with Crippen LogP contribution in [0.5, 0.6) is 0 Å². The molecule has 1 aromatic heterocycles. The van der Waals surface area contributed by atoms with Crippen LogP contribution in [0.25, 0.3) is 10.9 Å². The van der Waals surface area contributed by atoms with Crippen molar-refractivity contribution < 1.29 is 8.42 Å². The fourth-order valence-corrected chi connectivity index (χ4v) is 3.76. The minimum absolute atomic E-state index is 0.418. The summed E-state index contributed by atoms with van der Waals surface area (Å²) in [6, 6.07) is 5.40. The summed E-state index contributed by atoms with van der Waals surface area (Å²) >= 11 is 0. The van der Waals surface area contributed by atoms with Crippen LogP contribution in [0.4, 0.5) is 5.69 Å². The molecule has 0 amide bonds. The Morgan fingerprint density at radius 2 is 2.32 bits per heavy atom. The van der Waals surface area contributed by atoms with Gasteiger partial charge >= 0.3 is 10.2 Å². The zero-order valence-corrected chi connectivity index (χ0v) is 11.4. The number of nitrogens with one attached hydrogen (secondary N) is 2. The maximum absolute atomic E-state index is 12.3. The van der Waals surface area contributed by atoms with E-state index >= 15 is 0 Å². The fraction of sp³-hybridized carbons (Fsp3) is 0.417. The van der Waals surface area contributed by atoms with Gasteiger partial charge in [0.25, 0.3) is 0 Å². The summed E-state index contributed by atoms with van der Waals surface area (Å²) in [6.45, 7) is 3.22. The van der Waals surface area contributed by atoms with Crippen molar-refractivity contribution in [1.82, 2.24) is 14.5 Å². The number of benzene rings is 1. The average Bonchev–Trinajstić information content (AvgIpc) is 2.97. The number of H-pyrrole nitrogens is 1. The Morgan fingerprint density at radius 3 is 3.05 bits per heavy atom. The molecule has 0 unspecified atom stereocenters. The second kappa shape index (κ2) is 4.50. The number of anilines is 1. The molecule has 7 heteroatoms. The molecule has 0 bridgehead atoms. The van der Waals surface area contributed by atoms with Gasteiger partial charge in [0.15, 0.2) is 0 Å². The summed E-state index contributed by atoms with van der Waals surface area (Å²) in [4.78, 5) is 0. The lowest BCUT2D eigenvalue weighted by atomic mass is 10.2. The van der Waals surface area contributed by atoms with Gasteiger partial charge in [-0.25, -0.2) is 0 Å². The number of hydrogen-bond donors (Lipinski definition) is 2. The molecule has 19 heavy (non-hydrogen) atoms. The van der Waals surface area contributed by atoms with Crippen molar-refractivity contribution in [2.75, 3.05) is 17.8 Å². The van der Waals surface area contributed by atoms with Crippen LogP contribution in [0.3, 0.4) is 0 Å². The normalized spacial score (nSPS) is 21.0. The summed E-state index contributed by atoms with van der Waals surface area (Å²) in [5.74, 6) is 0.418. The molecule has 0 saturated carbocycles. The third-order valence-electron chi connectivity index (χ3n) is 3.45. The molecular formula is C12H16N4O2S. The van der Waals surface area contributed by atoms with Crippen LogP contribution >= 0.6 is 0 Å². The number of aromatic nitrogens is 2. The van der Waals surface area contributed by atoms with Crippen LogP contribution in [0.15, 0.2) is 24.4 Å². The van der Waals surface area contributed by atoms with Gasteiger partial charge in [-0.15, -0.1) is 0 Å². The summed E-state index contributed by atoms with van der Waals surface area (Å²) in [7, 11) is -3.47. The largest absolute Gasteiger partial charge is 0.301 e. The van der Waals surface area contributed by atoms with Crippen LogP contribution in [0.1, 0.15) is 13.3 Å². The maximum Gasteiger partial charge on any atom is 0.301 e. The molecule has 6 nitrogen and oxygen atoms in total. The highest BCUT2D eigenvalue weighted by Gasteiger charge is 2.29. The molecule has 1 aliphatic heterocycles. The SMILES string of the molecule is C[C@@H]1CCN(S(=O)(=O)Nc2cccc3[nH]ncc23)C1. The van der Waals surface area contributed by atoms with E-state index in [2.05, 4.69) is 21.8 Å². The van der Waals surface area contributed by atoms with Gasteiger partial charge in [0, 0.05) is 18.5 Å². The lowest BCUT2D eigenvalue weighted by Gasteiger charge is -2.17. The van der Waals surface area contributed by atoms with Crippen LogP contribution in [-0.4, -0.2) is 36.0 Å². The van der Waals surface area contributed by atoms with E-state index < -0.39 is 10.2 Å². The third-order valence-corrected chi connectivity index (χ3v) is 4.94. The van der Waals surface area contributed by atoms with E-state index in [0.717, 1.165) is 17.3 Å². The highest BCUT2D eigenvalue weighted by molar-refractivity contribution is 7.90. The minimum Gasteiger partial charge on any atom is -0.278 e. The van der Waals surface area contributed by atoms with Crippen molar-refractivity contribution in [2.24, 2.45) is 5.92 Å². The predicted molar refractivity (Wildman–Crippen MR) is 74.0 cm³/mol. The van der Waals surface area contributed by atoms with Crippen molar-refractivity contribution in [3.8, 4) is 0 Å². The first-order valence-electron chi connectivity index (χ1n) is 6.26. The predicted octanol–water partition coefficient (Wildman–Crippen LogP) is 1.56. The van der Waals surface area contributed by atoms with Crippen molar-refractivity contribution in [3.63, 3.8) is 0 Å². The highest BCUT2D eigenvalue weighted by Crippen LogP contribution is 2.25. The molecule has 102 valence electrons. The Hall–Kier alpha value is -1.60. The number of rotatable bonds is 3. The lowest BCUT2D eigenvalue weighted by molar-refractivity contribution is 0.469. The van der Waals surface area contributed by atoms with Crippen molar-refractivity contribution in [3.05, 3.63) is 24.4 Å². The summed E-state index contributed by atoms with van der Waals surface area (Å²) in [5.41, 5.74) is 1.38. The smallest absolute Gasteiger partial charge is 0.278 e. The van der Waals surface area contributed by atoms with E-state index in [1.807, 2.05) is 6.07 Å². The summed E-state index contributed by atoms with van der Waals surface area (Å²) in [5, 5.41) is 7.53. The molecule has 1 atom stereocenters. The van der Waals surface area contributed by atoms with Gasteiger partial charge < -0.3 is 0 Å². The van der Waals surface area contributed by atoms with Crippen LogP contribution < -0.4 is 4.72 Å². The monoisotopic (exact) mass is 280 g/mol. The number of fused-ring (bicyclic) bond motifs is 1. The molecule has 3 rings (SSSR count). The standard InChI is InChI=1S/C12H16N4O2S/c1-9-5-6-16(8-9)19(17,18)15-12-4-2-3-11-10(12)7-13-14-11/h2-4,7,9,15H,5-6,8H2,1H3,(H,13,14)/t9-/m1/s1. The number of aromatic amines is 1. The third kappa shape index (κ3) is 2.31. The van der Waals surface area contributed by atoms with Gasteiger partial charge in [-0.05, 0) is 24.5 Å². The molecule has 1 fully saturated rings. The van der Waals surface area contributed by atoms with Gasteiger partial charge in [0.1, 0.15) is 0 Å². The van der Waals surface area contributed by atoms with Gasteiger partial charge in [-0.1, -0.05) is 13.0 Å². The number of hydrogen-bond acceptors (Lipinski definition) is 3. The molecule has 2 N–H and O–H groups in total. The van der Waals surface area contributed by atoms with Gasteiger partial charge in [0.05, 0.1) is 17.4 Å². The fourth-order valence-electron chi connectivity index (χ4n) is 2.37. The minimum atomic E-state index is -3.47. The molecule has 0 spiro atoms. The van der Waals surface area contributed by atoms with Crippen molar-refractivity contribution in [1.29, 1.82) is 0 Å². The van der Waals surface area contributed by atoms with Crippen LogP contribution in [0.2, 0.25) is 0 Å². The second-order valence-electron chi connectivity index (χ2n) is 5.00. The van der Waals surface area contributed by atoms with E-state index in [1.165, 1.54) is 4.31 Å². The Bertz CT molecular complexity index is 695. The molecule has 2 aromatic rings. The van der Waals surface area contributed by atoms with Crippen LogP contribution in [0, 0.1) is 5.92 Å². The highest BCUT2D eigenvalue weighted by atomic mass is 32.2. The van der Waals surface area contributed by atoms with E-state index in [9.17, 15) is 8.42 Å². The first-order valence-corrected chi connectivity index (χ1v) is 7.70. The van der Waals surface area contributed by atoms with E-state index in [1.54, 1.807) is 18.3 Å². The number of nitrogens with zero attached hydrogens (tertiary/aromatic N) is 2. The van der Waals surface area contributed by atoms with Crippen LogP contribution in [-0.2, 0) is 10.2 Å². The Labute approximate surface area is 112 Å². The van der Waals surface area contributed by atoms with Crippen molar-refractivity contribution >= 4 is 26.8 Å². The first-order chi connectivity index (χ1) is 9.06. The Kier molecular flexibility index (Phi) is 2.94. The Balaban J connectivity index is 1.90. The van der Waals surface area contributed by atoms with E-state index in [0.29, 0.717) is 24.7 Å². The lowest BCUT2D eigenvalue weighted by Crippen LogP contribution is -2.33. The molecule has 1 saturated heterocycles. The topological polar surface area (TPSA) is 78.1 Å². The van der Waals surface area contributed by atoms with Gasteiger partial charge in [0.2, 0.25) is 0 Å². The quantitative estimate of drug-likeness (QED) is 0.895. The molecule has 1 aliphatic rings. The maximum atomic E-state index is 12.3. The van der Waals surface area contributed by atoms with E-state index in [-0.39, 0.29) is 0 Å². The average molecular weight is 280 g/mol. The Morgan fingerprint density at radius 1 is 1.47 bits per heavy atom. The van der Waals surface area contributed by atoms with E-state index in [4.69, 9.17) is 0 Å². The second-order valence-corrected chi connectivity index (χ2v) is 6.67. The molecule has 0 radical (unpaired) electrons. The summed E-state index contributed by atoms with van der Waals surface area (Å²) < 4.78 is 28.7.